The van der Waals surface area contributed by atoms with Crippen LogP contribution in [0.2, 0.25) is 0 Å². The number of hydrogen-bond acceptors (Lipinski definition) is 7. The van der Waals surface area contributed by atoms with E-state index in [1.54, 1.807) is 40.7 Å². The predicted octanol–water partition coefficient (Wildman–Crippen LogP) is 1.93. The molecule has 0 saturated carbocycles. The number of rotatable bonds is 5. The topological polar surface area (TPSA) is 88.1 Å². The minimum absolute atomic E-state index is 0.247. The molecule has 0 N–H and O–H groups in total. The fraction of sp³-hybridized carbons (Fsp3) is 0.706. The molecule has 1 rings (SSSR count). The number of esters is 3. The molecule has 136 valence electrons. The molecule has 0 spiro atoms. The van der Waals surface area contributed by atoms with Gasteiger partial charge in [0.2, 0.25) is 0 Å². The van der Waals surface area contributed by atoms with E-state index in [0.29, 0.717) is 5.57 Å². The van der Waals surface area contributed by atoms with E-state index in [0.717, 1.165) is 0 Å². The van der Waals surface area contributed by atoms with Crippen molar-refractivity contribution in [1.82, 2.24) is 0 Å². The Hall–Kier alpha value is -1.89. The Kier molecular flexibility index (Phi) is 6.16. The summed E-state index contributed by atoms with van der Waals surface area (Å²) in [5.41, 5.74) is -2.01. The second-order valence-corrected chi connectivity index (χ2v) is 6.26. The normalized spacial score (nSPS) is 33.0. The Morgan fingerprint density at radius 3 is 2.17 bits per heavy atom. The van der Waals surface area contributed by atoms with Crippen LogP contribution in [-0.4, -0.2) is 47.9 Å². The summed E-state index contributed by atoms with van der Waals surface area (Å²) >= 11 is 0. The molecule has 0 aromatic heterocycles. The highest BCUT2D eigenvalue weighted by Crippen LogP contribution is 2.44. The van der Waals surface area contributed by atoms with Crippen molar-refractivity contribution in [2.75, 3.05) is 6.61 Å². The van der Waals surface area contributed by atoms with Gasteiger partial charge in [-0.1, -0.05) is 0 Å². The highest BCUT2D eigenvalue weighted by atomic mass is 16.7. The fourth-order valence-electron chi connectivity index (χ4n) is 3.03. The van der Waals surface area contributed by atoms with Crippen LogP contribution in [0.4, 0.5) is 0 Å². The van der Waals surface area contributed by atoms with E-state index < -0.39 is 41.3 Å². The molecular weight excluding hydrogens is 316 g/mol. The van der Waals surface area contributed by atoms with Gasteiger partial charge in [-0.2, -0.15) is 0 Å². The van der Waals surface area contributed by atoms with Crippen LogP contribution in [0, 0.1) is 0 Å². The average Bonchev–Trinajstić information content (AvgIpc) is 2.59. The van der Waals surface area contributed by atoms with E-state index in [2.05, 4.69) is 0 Å². The lowest BCUT2D eigenvalue weighted by molar-refractivity contribution is -0.180. The number of carbonyl (C=O) groups excluding carboxylic acids is 3. The van der Waals surface area contributed by atoms with Gasteiger partial charge in [0.25, 0.3) is 0 Å². The average molecular weight is 342 g/mol. The third-order valence-electron chi connectivity index (χ3n) is 4.03. The SMILES string of the molecule is CCOC(=O)/C(C)=C\[C@@]1(C)O[C@@H](C)[C@@](C)(OC(C)=O)[C@@H]1OC(C)=O. The van der Waals surface area contributed by atoms with Crippen molar-refractivity contribution in [3.05, 3.63) is 11.6 Å². The number of carbonyl (C=O) groups is 3. The Morgan fingerprint density at radius 1 is 1.12 bits per heavy atom. The van der Waals surface area contributed by atoms with E-state index in [1.807, 2.05) is 0 Å². The minimum Gasteiger partial charge on any atom is -0.463 e. The maximum absolute atomic E-state index is 11.9. The summed E-state index contributed by atoms with van der Waals surface area (Å²) in [6.45, 7) is 11.1. The number of hydrogen-bond donors (Lipinski definition) is 0. The van der Waals surface area contributed by atoms with Crippen molar-refractivity contribution in [3.8, 4) is 0 Å². The third-order valence-corrected chi connectivity index (χ3v) is 4.03. The van der Waals surface area contributed by atoms with Crippen LogP contribution in [0.25, 0.3) is 0 Å². The molecule has 1 heterocycles. The van der Waals surface area contributed by atoms with E-state index in [1.165, 1.54) is 13.8 Å². The summed E-state index contributed by atoms with van der Waals surface area (Å²) in [4.78, 5) is 34.9. The molecular formula is C17H26O7. The van der Waals surface area contributed by atoms with Crippen molar-refractivity contribution in [3.63, 3.8) is 0 Å². The lowest BCUT2D eigenvalue weighted by Gasteiger charge is -2.35. The molecule has 0 radical (unpaired) electrons. The van der Waals surface area contributed by atoms with Crippen molar-refractivity contribution in [1.29, 1.82) is 0 Å². The molecule has 1 aliphatic heterocycles. The zero-order valence-electron chi connectivity index (χ0n) is 15.3. The predicted molar refractivity (Wildman–Crippen MR) is 85.1 cm³/mol. The monoisotopic (exact) mass is 342 g/mol. The zero-order chi connectivity index (χ0) is 18.7. The minimum atomic E-state index is -1.18. The Morgan fingerprint density at radius 2 is 1.71 bits per heavy atom. The Balaban J connectivity index is 3.29. The first-order valence-corrected chi connectivity index (χ1v) is 7.87. The Labute approximate surface area is 142 Å². The summed E-state index contributed by atoms with van der Waals surface area (Å²) in [5.74, 6) is -1.54. The lowest BCUT2D eigenvalue weighted by Crippen LogP contribution is -2.52. The second-order valence-electron chi connectivity index (χ2n) is 6.26. The summed E-state index contributed by atoms with van der Waals surface area (Å²) < 4.78 is 21.7. The maximum Gasteiger partial charge on any atom is 0.333 e. The fourth-order valence-corrected chi connectivity index (χ4v) is 3.03. The molecule has 0 aromatic rings. The van der Waals surface area contributed by atoms with Crippen molar-refractivity contribution < 1.29 is 33.3 Å². The van der Waals surface area contributed by atoms with Crippen LogP contribution in [-0.2, 0) is 33.3 Å². The number of ether oxygens (including phenoxy) is 4. The van der Waals surface area contributed by atoms with Crippen LogP contribution >= 0.6 is 0 Å². The molecule has 0 unspecified atom stereocenters. The van der Waals surface area contributed by atoms with Crippen LogP contribution in [0.15, 0.2) is 11.6 Å². The standard InChI is InChI=1S/C17H26O7/c1-8-21-14(20)10(2)9-16(6)15(22-12(4)18)17(7,11(3)23-16)24-13(5)19/h9,11,15H,8H2,1-7H3/b10-9-/t11-,15+,16+,17+/m0/s1. The molecule has 24 heavy (non-hydrogen) atoms. The van der Waals surface area contributed by atoms with Gasteiger partial charge in [-0.05, 0) is 40.7 Å². The molecule has 0 bridgehead atoms. The summed E-state index contributed by atoms with van der Waals surface area (Å²) in [6, 6.07) is 0. The largest absolute Gasteiger partial charge is 0.463 e. The van der Waals surface area contributed by atoms with Crippen molar-refractivity contribution >= 4 is 17.9 Å². The van der Waals surface area contributed by atoms with Gasteiger partial charge in [0.05, 0.1) is 12.7 Å². The van der Waals surface area contributed by atoms with E-state index in [9.17, 15) is 14.4 Å². The van der Waals surface area contributed by atoms with Gasteiger partial charge in [-0.25, -0.2) is 4.79 Å². The molecule has 1 aliphatic rings. The van der Waals surface area contributed by atoms with Gasteiger partial charge in [0.1, 0.15) is 5.60 Å². The van der Waals surface area contributed by atoms with Crippen LogP contribution in [0.5, 0.6) is 0 Å². The van der Waals surface area contributed by atoms with Gasteiger partial charge >= 0.3 is 17.9 Å². The van der Waals surface area contributed by atoms with Gasteiger partial charge in [0, 0.05) is 19.4 Å². The molecule has 4 atom stereocenters. The molecule has 1 saturated heterocycles. The molecule has 0 amide bonds. The Bertz CT molecular complexity index is 553. The highest BCUT2D eigenvalue weighted by Gasteiger charge is 2.61. The third kappa shape index (κ3) is 4.14. The maximum atomic E-state index is 11.9. The van der Waals surface area contributed by atoms with E-state index >= 15 is 0 Å². The van der Waals surface area contributed by atoms with Crippen LogP contribution in [0.1, 0.15) is 48.5 Å². The van der Waals surface area contributed by atoms with Gasteiger partial charge in [0.15, 0.2) is 11.7 Å². The lowest BCUT2D eigenvalue weighted by atomic mass is 9.85. The van der Waals surface area contributed by atoms with Crippen LogP contribution in [0.3, 0.4) is 0 Å². The van der Waals surface area contributed by atoms with E-state index in [-0.39, 0.29) is 6.61 Å². The first-order chi connectivity index (χ1) is 11.0. The van der Waals surface area contributed by atoms with Crippen molar-refractivity contribution in [2.45, 2.75) is 71.9 Å². The van der Waals surface area contributed by atoms with Gasteiger partial charge < -0.3 is 18.9 Å². The summed E-state index contributed by atoms with van der Waals surface area (Å²) in [5, 5.41) is 0. The first-order valence-electron chi connectivity index (χ1n) is 7.87. The second kappa shape index (κ2) is 7.34. The highest BCUT2D eigenvalue weighted by molar-refractivity contribution is 5.88. The molecule has 0 aromatic carbocycles. The van der Waals surface area contributed by atoms with Gasteiger partial charge in [-0.15, -0.1) is 0 Å². The van der Waals surface area contributed by atoms with Gasteiger partial charge in [-0.3, -0.25) is 9.59 Å². The van der Waals surface area contributed by atoms with E-state index in [4.69, 9.17) is 18.9 Å². The molecule has 0 aliphatic carbocycles. The smallest absolute Gasteiger partial charge is 0.333 e. The quantitative estimate of drug-likeness (QED) is 0.428. The molecule has 7 heteroatoms. The zero-order valence-corrected chi connectivity index (χ0v) is 15.3. The first kappa shape index (κ1) is 20.2. The van der Waals surface area contributed by atoms with Crippen molar-refractivity contribution in [2.24, 2.45) is 0 Å². The molecule has 1 fully saturated rings. The summed E-state index contributed by atoms with van der Waals surface area (Å²) in [6.07, 6.45) is 0.0805. The molecule has 7 nitrogen and oxygen atoms in total. The van der Waals surface area contributed by atoms with Crippen LogP contribution < -0.4 is 0 Å². The summed E-state index contributed by atoms with van der Waals surface area (Å²) in [7, 11) is 0.